The molecule has 0 N–H and O–H groups in total. The Kier molecular flexibility index (Phi) is 7.20. The molecule has 0 atom stereocenters. The zero-order valence-electron chi connectivity index (χ0n) is 8.43. The Morgan fingerprint density at radius 3 is 2.25 bits per heavy atom. The molecule has 0 spiro atoms. The summed E-state index contributed by atoms with van der Waals surface area (Å²) in [5.41, 5.74) is 0. The summed E-state index contributed by atoms with van der Waals surface area (Å²) in [6, 6.07) is 2.38. The number of rotatable bonds is 7. The Hall–Kier alpha value is -0.283. The van der Waals surface area contributed by atoms with Crippen LogP contribution in [-0.2, 0) is 9.16 Å². The third-order valence-electron chi connectivity index (χ3n) is 1.74. The van der Waals surface area contributed by atoms with Crippen LogP contribution in [0, 0.1) is 0 Å². The molecule has 3 heteroatoms. The molecule has 0 fully saturated rings. The quantitative estimate of drug-likeness (QED) is 0.451. The van der Waals surface area contributed by atoms with Crippen LogP contribution in [0.5, 0.6) is 0 Å². The van der Waals surface area contributed by atoms with Gasteiger partial charge in [-0.1, -0.05) is 20.4 Å². The second-order valence-corrected chi connectivity index (χ2v) is 5.93. The number of ether oxygens (including phenoxy) is 1. The highest BCUT2D eigenvalue weighted by molar-refractivity contribution is 6.51. The Bertz CT molecular complexity index is 122. The van der Waals surface area contributed by atoms with Crippen LogP contribution in [0.25, 0.3) is 0 Å². The fraction of sp³-hybridized carbons (Fsp3) is 0.778. The van der Waals surface area contributed by atoms with Crippen LogP contribution in [0.3, 0.4) is 0 Å². The van der Waals surface area contributed by atoms with Gasteiger partial charge in [0.1, 0.15) is 5.76 Å². The fourth-order valence-corrected chi connectivity index (χ4v) is 2.45. The Morgan fingerprint density at radius 1 is 1.25 bits per heavy atom. The van der Waals surface area contributed by atoms with Gasteiger partial charge in [0.2, 0.25) is 0 Å². The van der Waals surface area contributed by atoms with Gasteiger partial charge in [0.25, 0.3) is 0 Å². The van der Waals surface area contributed by atoms with E-state index in [1.807, 2.05) is 6.92 Å². The first-order valence-corrected chi connectivity index (χ1v) is 6.77. The third-order valence-corrected chi connectivity index (χ3v) is 4.20. The van der Waals surface area contributed by atoms with E-state index in [9.17, 15) is 0 Å². The van der Waals surface area contributed by atoms with Gasteiger partial charge in [-0.05, 0) is 19.0 Å². The average Bonchev–Trinajstić information content (AvgIpc) is 2.07. The molecule has 0 rings (SSSR count). The zero-order chi connectivity index (χ0) is 9.40. The van der Waals surface area contributed by atoms with Crippen LogP contribution >= 0.6 is 0 Å². The molecule has 0 unspecified atom stereocenters. The van der Waals surface area contributed by atoms with Crippen molar-refractivity contribution < 1.29 is 9.16 Å². The van der Waals surface area contributed by atoms with Crippen LogP contribution in [-0.4, -0.2) is 22.3 Å². The van der Waals surface area contributed by atoms with Crippen LogP contribution in [0.1, 0.15) is 20.8 Å². The van der Waals surface area contributed by atoms with E-state index >= 15 is 0 Å². The van der Waals surface area contributed by atoms with Gasteiger partial charge in [-0.2, -0.15) is 0 Å². The lowest BCUT2D eigenvalue weighted by molar-refractivity contribution is 0.181. The largest absolute Gasteiger partial charge is 0.496 e. The maximum Gasteiger partial charge on any atom is 0.177 e. The van der Waals surface area contributed by atoms with Crippen LogP contribution < -0.4 is 0 Å². The molecule has 0 aliphatic rings. The first-order valence-electron chi connectivity index (χ1n) is 4.66. The monoisotopic (exact) mass is 188 g/mol. The minimum atomic E-state index is -0.914. The van der Waals surface area contributed by atoms with Gasteiger partial charge in [-0.15, -0.1) is 0 Å². The molecule has 0 aromatic heterocycles. The second-order valence-electron chi connectivity index (χ2n) is 2.72. The maximum absolute atomic E-state index is 5.67. The summed E-state index contributed by atoms with van der Waals surface area (Å²) in [5.74, 6) is 0.761. The summed E-state index contributed by atoms with van der Waals surface area (Å²) >= 11 is 0. The molecule has 0 aliphatic carbocycles. The van der Waals surface area contributed by atoms with Crippen molar-refractivity contribution in [3.8, 4) is 0 Å². The van der Waals surface area contributed by atoms with Crippen LogP contribution in [0.4, 0.5) is 0 Å². The molecule has 0 radical (unpaired) electrons. The maximum atomic E-state index is 5.67. The van der Waals surface area contributed by atoms with E-state index in [2.05, 4.69) is 20.4 Å². The van der Waals surface area contributed by atoms with Crippen molar-refractivity contribution >= 4 is 9.04 Å². The molecule has 0 aliphatic heterocycles. The SMILES string of the molecule is C=C(CO[SiH](CC)CC)OCC. The van der Waals surface area contributed by atoms with E-state index in [0.717, 1.165) is 5.76 Å². The molecule has 0 saturated carbocycles. The Morgan fingerprint density at radius 2 is 1.83 bits per heavy atom. The highest BCUT2D eigenvalue weighted by Gasteiger charge is 2.06. The van der Waals surface area contributed by atoms with Crippen molar-refractivity contribution in [1.82, 2.24) is 0 Å². The average molecular weight is 188 g/mol. The highest BCUT2D eigenvalue weighted by atomic mass is 28.3. The topological polar surface area (TPSA) is 18.5 Å². The van der Waals surface area contributed by atoms with E-state index in [1.165, 1.54) is 12.1 Å². The van der Waals surface area contributed by atoms with E-state index in [0.29, 0.717) is 13.2 Å². The molecule has 0 aromatic carbocycles. The lowest BCUT2D eigenvalue weighted by Crippen LogP contribution is -2.17. The van der Waals surface area contributed by atoms with Crippen LogP contribution in [0.2, 0.25) is 12.1 Å². The summed E-state index contributed by atoms with van der Waals surface area (Å²) in [7, 11) is -0.914. The van der Waals surface area contributed by atoms with Gasteiger partial charge >= 0.3 is 0 Å². The lowest BCUT2D eigenvalue weighted by atomic mass is 10.6. The van der Waals surface area contributed by atoms with Gasteiger partial charge in [0.15, 0.2) is 9.04 Å². The van der Waals surface area contributed by atoms with E-state index in [-0.39, 0.29) is 0 Å². The van der Waals surface area contributed by atoms with Gasteiger partial charge in [0, 0.05) is 0 Å². The summed E-state index contributed by atoms with van der Waals surface area (Å²) in [4.78, 5) is 0. The molecule has 0 saturated heterocycles. The summed E-state index contributed by atoms with van der Waals surface area (Å²) in [5, 5.41) is 0. The van der Waals surface area contributed by atoms with Crippen LogP contribution in [0.15, 0.2) is 12.3 Å². The predicted molar refractivity (Wildman–Crippen MR) is 54.8 cm³/mol. The van der Waals surface area contributed by atoms with Gasteiger partial charge in [0.05, 0.1) is 13.2 Å². The predicted octanol–water partition coefficient (Wildman–Crippen LogP) is 2.32. The fourth-order valence-electron chi connectivity index (χ4n) is 0.981. The van der Waals surface area contributed by atoms with Gasteiger partial charge in [-0.3, -0.25) is 0 Å². The van der Waals surface area contributed by atoms with Crippen molar-refractivity contribution in [2.75, 3.05) is 13.2 Å². The third kappa shape index (κ3) is 5.38. The number of hydrogen-bond acceptors (Lipinski definition) is 2. The Labute approximate surface area is 77.3 Å². The van der Waals surface area contributed by atoms with Crippen molar-refractivity contribution in [2.45, 2.75) is 32.9 Å². The molecule has 12 heavy (non-hydrogen) atoms. The minimum Gasteiger partial charge on any atom is -0.496 e. The highest BCUT2D eigenvalue weighted by Crippen LogP contribution is 2.03. The first kappa shape index (κ1) is 11.7. The van der Waals surface area contributed by atoms with Gasteiger partial charge in [-0.25, -0.2) is 0 Å². The molecule has 0 aromatic rings. The Balaban J connectivity index is 3.44. The van der Waals surface area contributed by atoms with Crippen molar-refractivity contribution in [1.29, 1.82) is 0 Å². The standard InChI is InChI=1S/C9H20O2Si/c1-5-10-9(4)8-11-12(6-2)7-3/h12H,4-8H2,1-3H3. The summed E-state index contributed by atoms with van der Waals surface area (Å²) in [6.45, 7) is 11.4. The molecule has 0 bridgehead atoms. The molecule has 72 valence electrons. The summed E-state index contributed by atoms with van der Waals surface area (Å²) < 4.78 is 10.9. The van der Waals surface area contributed by atoms with Crippen molar-refractivity contribution in [2.24, 2.45) is 0 Å². The summed E-state index contributed by atoms with van der Waals surface area (Å²) in [6.07, 6.45) is 0. The van der Waals surface area contributed by atoms with Crippen molar-refractivity contribution in [3.05, 3.63) is 12.3 Å². The lowest BCUT2D eigenvalue weighted by Gasteiger charge is -2.13. The molecular formula is C9H20O2Si. The van der Waals surface area contributed by atoms with Crippen molar-refractivity contribution in [3.63, 3.8) is 0 Å². The molecular weight excluding hydrogens is 168 g/mol. The number of hydrogen-bond donors (Lipinski definition) is 0. The molecule has 2 nitrogen and oxygen atoms in total. The van der Waals surface area contributed by atoms with E-state index < -0.39 is 9.04 Å². The molecule has 0 heterocycles. The minimum absolute atomic E-state index is 0.590. The van der Waals surface area contributed by atoms with E-state index in [1.54, 1.807) is 0 Å². The van der Waals surface area contributed by atoms with Gasteiger partial charge < -0.3 is 9.16 Å². The second kappa shape index (κ2) is 7.37. The normalized spacial score (nSPS) is 10.3. The first-order chi connectivity index (χ1) is 5.74. The van der Waals surface area contributed by atoms with E-state index in [4.69, 9.17) is 9.16 Å². The smallest absolute Gasteiger partial charge is 0.177 e. The molecule has 0 amide bonds. The zero-order valence-corrected chi connectivity index (χ0v) is 9.58.